The number of carbonyl (C=O) groups is 1. The van der Waals surface area contributed by atoms with E-state index in [1.165, 1.54) is 4.57 Å². The van der Waals surface area contributed by atoms with Gasteiger partial charge in [-0.05, 0) is 62.2 Å². The van der Waals surface area contributed by atoms with Crippen LogP contribution in [0, 0.1) is 6.92 Å². The summed E-state index contributed by atoms with van der Waals surface area (Å²) in [6.45, 7) is 6.04. The number of hydrogen-bond donors (Lipinski definition) is 1. The number of aryl methyl sites for hydroxylation is 1. The fourth-order valence-corrected chi connectivity index (χ4v) is 3.87. The Morgan fingerprint density at radius 2 is 1.91 bits per heavy atom. The average molecular weight is 485 g/mol. The zero-order chi connectivity index (χ0) is 24.4. The lowest BCUT2D eigenvalue weighted by molar-refractivity contribution is -0.140. The highest BCUT2D eigenvalue weighted by molar-refractivity contribution is 6.30. The second-order valence-electron chi connectivity index (χ2n) is 8.32. The summed E-state index contributed by atoms with van der Waals surface area (Å²) in [5.74, 6) is 0.123. The first-order valence-electron chi connectivity index (χ1n) is 10.9. The number of ether oxygens (including phenoxy) is 2. The van der Waals surface area contributed by atoms with Gasteiger partial charge in [-0.2, -0.15) is 0 Å². The Balaban J connectivity index is 1.86. The standard InChI is InChI=1S/C24H25ClN4O5/c1-14(2)34-20-9-8-18(12-15(20)3)26-22-27-23(31)29(19-10-11-33-21(19)30)24(32)28(22)13-16-4-6-17(25)7-5-16/h4-9,12,14,19H,10-11,13H2,1-3H3,(H,26,27,31)/t19-/m0/s1. The van der Waals surface area contributed by atoms with Gasteiger partial charge in [-0.25, -0.2) is 23.9 Å². The number of nitrogens with zero attached hydrogens (tertiary/aromatic N) is 3. The van der Waals surface area contributed by atoms with E-state index in [0.29, 0.717) is 10.7 Å². The molecule has 2 aromatic carbocycles. The van der Waals surface area contributed by atoms with Gasteiger partial charge in [0.25, 0.3) is 0 Å². The molecule has 0 bridgehead atoms. The molecule has 0 amide bonds. The van der Waals surface area contributed by atoms with Crippen molar-refractivity contribution in [1.29, 1.82) is 0 Å². The summed E-state index contributed by atoms with van der Waals surface area (Å²) in [7, 11) is 0. The van der Waals surface area contributed by atoms with Crippen molar-refractivity contribution in [1.82, 2.24) is 14.1 Å². The Hall–Kier alpha value is -3.59. The second-order valence-corrected chi connectivity index (χ2v) is 8.76. The summed E-state index contributed by atoms with van der Waals surface area (Å²) < 4.78 is 13.0. The average Bonchev–Trinajstić information content (AvgIpc) is 3.19. The lowest BCUT2D eigenvalue weighted by atomic mass is 10.2. The number of benzene rings is 2. The third-order valence-electron chi connectivity index (χ3n) is 5.36. The molecular weight excluding hydrogens is 460 g/mol. The molecule has 4 rings (SSSR count). The van der Waals surface area contributed by atoms with E-state index < -0.39 is 23.4 Å². The van der Waals surface area contributed by atoms with E-state index in [1.807, 2.05) is 26.8 Å². The smallest absolute Gasteiger partial charge is 0.336 e. The molecule has 10 heteroatoms. The minimum Gasteiger partial charge on any atom is -0.491 e. The quantitative estimate of drug-likeness (QED) is 0.541. The van der Waals surface area contributed by atoms with Crippen LogP contribution in [-0.4, -0.2) is 32.8 Å². The van der Waals surface area contributed by atoms with Crippen LogP contribution in [-0.2, 0) is 16.1 Å². The maximum atomic E-state index is 13.4. The molecule has 1 N–H and O–H groups in total. The van der Waals surface area contributed by atoms with E-state index in [4.69, 9.17) is 21.1 Å². The number of esters is 1. The maximum Gasteiger partial charge on any atom is 0.336 e. The molecule has 1 aliphatic rings. The fraction of sp³-hybridized carbons (Fsp3) is 0.333. The first-order chi connectivity index (χ1) is 16.2. The van der Waals surface area contributed by atoms with Crippen LogP contribution in [0.25, 0.3) is 0 Å². The minimum absolute atomic E-state index is 0.0224. The van der Waals surface area contributed by atoms with Gasteiger partial charge < -0.3 is 9.47 Å². The van der Waals surface area contributed by atoms with Crippen LogP contribution < -0.4 is 21.7 Å². The van der Waals surface area contributed by atoms with E-state index in [1.54, 1.807) is 36.4 Å². The molecule has 3 aromatic rings. The largest absolute Gasteiger partial charge is 0.491 e. The number of nitrogens with one attached hydrogen (secondary N) is 1. The van der Waals surface area contributed by atoms with Crippen molar-refractivity contribution >= 4 is 23.3 Å². The van der Waals surface area contributed by atoms with Crippen LogP contribution in [0.3, 0.4) is 0 Å². The predicted octanol–water partition coefficient (Wildman–Crippen LogP) is 2.86. The van der Waals surface area contributed by atoms with Crippen molar-refractivity contribution in [2.75, 3.05) is 6.61 Å². The zero-order valence-electron chi connectivity index (χ0n) is 19.1. The number of rotatable bonds is 6. The highest BCUT2D eigenvalue weighted by Gasteiger charge is 2.31. The summed E-state index contributed by atoms with van der Waals surface area (Å²) in [5, 5.41) is 0.561. The molecule has 0 aliphatic carbocycles. The molecule has 1 fully saturated rings. The number of aromatic amines is 1. The van der Waals surface area contributed by atoms with Crippen LogP contribution in [0.15, 0.2) is 57.0 Å². The van der Waals surface area contributed by atoms with Crippen molar-refractivity contribution in [3.63, 3.8) is 0 Å². The minimum atomic E-state index is -0.975. The first kappa shape index (κ1) is 23.6. The first-order valence-corrected chi connectivity index (χ1v) is 11.3. The van der Waals surface area contributed by atoms with E-state index in [2.05, 4.69) is 9.98 Å². The van der Waals surface area contributed by atoms with Crippen LogP contribution in [0.4, 0.5) is 5.69 Å². The Morgan fingerprint density at radius 3 is 2.53 bits per heavy atom. The monoisotopic (exact) mass is 484 g/mol. The van der Waals surface area contributed by atoms with E-state index in [9.17, 15) is 14.4 Å². The van der Waals surface area contributed by atoms with Crippen LogP contribution in [0.2, 0.25) is 5.02 Å². The number of cyclic esters (lactones) is 1. The molecule has 9 nitrogen and oxygen atoms in total. The number of aromatic nitrogens is 3. The lowest BCUT2D eigenvalue weighted by Crippen LogP contribution is -2.52. The lowest BCUT2D eigenvalue weighted by Gasteiger charge is -2.14. The Bertz CT molecular complexity index is 1400. The van der Waals surface area contributed by atoms with E-state index in [-0.39, 0.29) is 31.3 Å². The molecule has 0 saturated carbocycles. The highest BCUT2D eigenvalue weighted by Crippen LogP contribution is 2.24. The summed E-state index contributed by atoms with van der Waals surface area (Å²) in [6.07, 6.45) is 0.268. The molecule has 1 aliphatic heterocycles. The summed E-state index contributed by atoms with van der Waals surface area (Å²) >= 11 is 5.99. The van der Waals surface area contributed by atoms with Gasteiger partial charge in [-0.15, -0.1) is 0 Å². The molecule has 1 atom stereocenters. The second kappa shape index (κ2) is 9.72. The van der Waals surface area contributed by atoms with Gasteiger partial charge >= 0.3 is 17.3 Å². The predicted molar refractivity (Wildman–Crippen MR) is 127 cm³/mol. The van der Waals surface area contributed by atoms with Gasteiger partial charge in [0.1, 0.15) is 11.8 Å². The molecular formula is C24H25ClN4O5. The van der Waals surface area contributed by atoms with Gasteiger partial charge in [-0.3, -0.25) is 9.55 Å². The van der Waals surface area contributed by atoms with Crippen molar-refractivity contribution in [2.24, 2.45) is 4.99 Å². The molecule has 178 valence electrons. The third kappa shape index (κ3) is 4.99. The SMILES string of the molecule is Cc1cc(/N=c2\[nH]c(=O)n([C@H]3CCOC3=O)c(=O)n2Cc2ccc(Cl)cc2)ccc1OC(C)C. The molecule has 1 saturated heterocycles. The third-order valence-corrected chi connectivity index (χ3v) is 5.61. The molecule has 0 spiro atoms. The molecule has 2 heterocycles. The number of halogens is 1. The molecule has 0 radical (unpaired) electrons. The molecule has 1 aromatic heterocycles. The van der Waals surface area contributed by atoms with Crippen LogP contribution >= 0.6 is 11.6 Å². The Labute approximate surface area is 200 Å². The van der Waals surface area contributed by atoms with Gasteiger partial charge in [0.2, 0.25) is 5.62 Å². The fourth-order valence-electron chi connectivity index (χ4n) is 3.74. The van der Waals surface area contributed by atoms with E-state index in [0.717, 1.165) is 21.4 Å². The van der Waals surface area contributed by atoms with Crippen molar-refractivity contribution < 1.29 is 14.3 Å². The van der Waals surface area contributed by atoms with Gasteiger partial charge in [-0.1, -0.05) is 23.7 Å². The zero-order valence-corrected chi connectivity index (χ0v) is 19.8. The molecule has 34 heavy (non-hydrogen) atoms. The van der Waals surface area contributed by atoms with Crippen LogP contribution in [0.5, 0.6) is 5.75 Å². The summed E-state index contributed by atoms with van der Waals surface area (Å²) in [6, 6.07) is 11.4. The number of hydrogen-bond acceptors (Lipinski definition) is 6. The van der Waals surface area contributed by atoms with Gasteiger partial charge in [0, 0.05) is 11.4 Å². The van der Waals surface area contributed by atoms with Crippen molar-refractivity contribution in [3.05, 3.63) is 85.2 Å². The summed E-state index contributed by atoms with van der Waals surface area (Å²) in [4.78, 5) is 45.6. The van der Waals surface area contributed by atoms with Gasteiger partial charge in [0.15, 0.2) is 0 Å². The topological polar surface area (TPSA) is 108 Å². The highest BCUT2D eigenvalue weighted by atomic mass is 35.5. The normalized spacial score (nSPS) is 16.2. The van der Waals surface area contributed by atoms with E-state index >= 15 is 0 Å². The maximum absolute atomic E-state index is 13.4. The Morgan fingerprint density at radius 1 is 1.18 bits per heavy atom. The van der Waals surface area contributed by atoms with Crippen LogP contribution in [0.1, 0.15) is 37.4 Å². The Kier molecular flexibility index (Phi) is 6.74. The van der Waals surface area contributed by atoms with Crippen molar-refractivity contribution in [2.45, 2.75) is 45.9 Å². The molecule has 0 unspecified atom stereocenters. The number of H-pyrrole nitrogens is 1. The van der Waals surface area contributed by atoms with Crippen molar-refractivity contribution in [3.8, 4) is 5.75 Å². The number of carbonyl (C=O) groups excluding carboxylic acids is 1. The van der Waals surface area contributed by atoms with Gasteiger partial charge in [0.05, 0.1) is 24.9 Å². The summed E-state index contributed by atoms with van der Waals surface area (Å²) in [5.41, 5.74) is 0.848.